The van der Waals surface area contributed by atoms with E-state index in [1.165, 1.54) is 6.42 Å². The summed E-state index contributed by atoms with van der Waals surface area (Å²) in [5.74, 6) is 0. The molecule has 4 heteroatoms. The van der Waals surface area contributed by atoms with Crippen LogP contribution in [0.1, 0.15) is 30.5 Å². The predicted molar refractivity (Wildman–Crippen MR) is 57.1 cm³/mol. The van der Waals surface area contributed by atoms with Crippen molar-refractivity contribution in [1.29, 1.82) is 0 Å². The first-order valence-electron chi connectivity index (χ1n) is 5.44. The molecule has 1 N–H and O–H groups in total. The first-order valence-corrected chi connectivity index (χ1v) is 5.44. The van der Waals surface area contributed by atoms with Gasteiger partial charge in [0, 0.05) is 11.6 Å². The smallest absolute Gasteiger partial charge is 0.254 e. The summed E-state index contributed by atoms with van der Waals surface area (Å²) < 4.78 is 1.88. The lowest BCUT2D eigenvalue weighted by atomic mass is 10.1. The Labute approximate surface area is 86.9 Å². The number of nitrogens with zero attached hydrogens (tertiary/aromatic N) is 2. The van der Waals surface area contributed by atoms with Gasteiger partial charge in [-0.3, -0.25) is 4.79 Å². The molecule has 1 aliphatic carbocycles. The Morgan fingerprint density at radius 1 is 1.27 bits per heavy atom. The number of aromatic nitrogens is 3. The van der Waals surface area contributed by atoms with E-state index >= 15 is 0 Å². The Morgan fingerprint density at radius 2 is 2.13 bits per heavy atom. The number of aryl methyl sites for hydroxylation is 1. The normalized spacial score (nSPS) is 16.3. The van der Waals surface area contributed by atoms with Gasteiger partial charge in [0.25, 0.3) is 5.56 Å². The van der Waals surface area contributed by atoms with E-state index in [0.29, 0.717) is 0 Å². The molecule has 2 aromatic rings. The van der Waals surface area contributed by atoms with Crippen LogP contribution in [0.4, 0.5) is 0 Å². The third-order valence-electron chi connectivity index (χ3n) is 3.10. The second-order valence-corrected chi connectivity index (χ2v) is 4.07. The van der Waals surface area contributed by atoms with Gasteiger partial charge in [-0.1, -0.05) is 6.42 Å². The molecule has 0 radical (unpaired) electrons. The van der Waals surface area contributed by atoms with Crippen molar-refractivity contribution in [3.8, 4) is 0 Å². The molecule has 0 spiro atoms. The molecule has 0 saturated carbocycles. The van der Waals surface area contributed by atoms with Crippen molar-refractivity contribution >= 4 is 5.65 Å². The zero-order valence-corrected chi connectivity index (χ0v) is 8.49. The first kappa shape index (κ1) is 8.71. The van der Waals surface area contributed by atoms with E-state index in [1.807, 2.05) is 10.6 Å². The molecule has 0 saturated heterocycles. The molecule has 0 atom stereocenters. The summed E-state index contributed by atoms with van der Waals surface area (Å²) in [6.45, 7) is 0. The summed E-state index contributed by atoms with van der Waals surface area (Å²) in [6, 6.07) is 1.84. The molecular formula is C11H13N3O. The number of nitrogens with one attached hydrogen (secondary N) is 1. The Kier molecular flexibility index (Phi) is 1.87. The van der Waals surface area contributed by atoms with Crippen molar-refractivity contribution in [1.82, 2.24) is 14.6 Å². The molecular weight excluding hydrogens is 190 g/mol. The number of H-pyrrole nitrogens is 1. The second-order valence-electron chi connectivity index (χ2n) is 4.07. The van der Waals surface area contributed by atoms with Crippen LogP contribution in [0.5, 0.6) is 0 Å². The highest BCUT2D eigenvalue weighted by atomic mass is 16.1. The summed E-state index contributed by atoms with van der Waals surface area (Å²) in [4.78, 5) is 14.7. The van der Waals surface area contributed by atoms with Gasteiger partial charge >= 0.3 is 0 Å². The standard InChI is InChI=1S/C11H13N3O/c15-11-8-4-2-1-3-5-9(8)14-10(13-11)6-7-12-14/h6-7H,1-5H2,(H,13,15). The Morgan fingerprint density at radius 3 is 3.07 bits per heavy atom. The van der Waals surface area contributed by atoms with E-state index in [2.05, 4.69) is 10.1 Å². The summed E-state index contributed by atoms with van der Waals surface area (Å²) in [5.41, 5.74) is 2.92. The third-order valence-corrected chi connectivity index (χ3v) is 3.10. The van der Waals surface area contributed by atoms with Crippen molar-refractivity contribution in [2.75, 3.05) is 0 Å². The minimum Gasteiger partial charge on any atom is -0.307 e. The average molecular weight is 203 g/mol. The van der Waals surface area contributed by atoms with Crippen LogP contribution in [0.2, 0.25) is 0 Å². The fourth-order valence-corrected chi connectivity index (χ4v) is 2.35. The van der Waals surface area contributed by atoms with E-state index < -0.39 is 0 Å². The molecule has 0 aromatic carbocycles. The van der Waals surface area contributed by atoms with E-state index in [0.717, 1.165) is 42.6 Å². The van der Waals surface area contributed by atoms with Crippen LogP contribution in [-0.4, -0.2) is 14.6 Å². The van der Waals surface area contributed by atoms with Gasteiger partial charge in [-0.25, -0.2) is 4.52 Å². The SMILES string of the molecule is O=c1[nH]c2ccnn2c2c1CCCCC2. The molecule has 0 bridgehead atoms. The van der Waals surface area contributed by atoms with E-state index in [9.17, 15) is 4.79 Å². The molecule has 0 fully saturated rings. The summed E-state index contributed by atoms with van der Waals surface area (Å²) in [6.07, 6.45) is 7.07. The topological polar surface area (TPSA) is 50.2 Å². The zero-order valence-electron chi connectivity index (χ0n) is 8.49. The monoisotopic (exact) mass is 203 g/mol. The van der Waals surface area contributed by atoms with Crippen LogP contribution in [0.15, 0.2) is 17.1 Å². The lowest BCUT2D eigenvalue weighted by molar-refractivity contribution is 0.702. The molecule has 0 aliphatic heterocycles. The largest absolute Gasteiger partial charge is 0.307 e. The van der Waals surface area contributed by atoms with Crippen LogP contribution < -0.4 is 5.56 Å². The van der Waals surface area contributed by atoms with E-state index in [1.54, 1.807) is 6.20 Å². The van der Waals surface area contributed by atoms with Gasteiger partial charge < -0.3 is 4.98 Å². The van der Waals surface area contributed by atoms with Gasteiger partial charge in [0.1, 0.15) is 5.65 Å². The summed E-state index contributed by atoms with van der Waals surface area (Å²) >= 11 is 0. The van der Waals surface area contributed by atoms with Crippen LogP contribution in [0, 0.1) is 0 Å². The number of fused-ring (bicyclic) bond motifs is 3. The maximum atomic E-state index is 11.8. The molecule has 2 heterocycles. The molecule has 0 unspecified atom stereocenters. The molecule has 0 amide bonds. The summed E-state index contributed by atoms with van der Waals surface area (Å²) in [7, 11) is 0. The van der Waals surface area contributed by atoms with Crippen molar-refractivity contribution < 1.29 is 0 Å². The van der Waals surface area contributed by atoms with Gasteiger partial charge in [0.15, 0.2) is 0 Å². The van der Waals surface area contributed by atoms with Gasteiger partial charge in [-0.15, -0.1) is 0 Å². The quantitative estimate of drug-likeness (QED) is 0.656. The molecule has 2 aromatic heterocycles. The van der Waals surface area contributed by atoms with Gasteiger partial charge in [0.05, 0.1) is 11.9 Å². The lowest BCUT2D eigenvalue weighted by Gasteiger charge is -2.06. The molecule has 3 rings (SSSR count). The Bertz CT molecular complexity index is 552. The van der Waals surface area contributed by atoms with Crippen LogP contribution in [0.25, 0.3) is 5.65 Å². The van der Waals surface area contributed by atoms with Crippen LogP contribution in [-0.2, 0) is 12.8 Å². The predicted octanol–water partition coefficient (Wildman–Crippen LogP) is 1.29. The number of hydrogen-bond acceptors (Lipinski definition) is 2. The number of hydrogen-bond donors (Lipinski definition) is 1. The second kappa shape index (κ2) is 3.22. The molecule has 15 heavy (non-hydrogen) atoms. The fraction of sp³-hybridized carbons (Fsp3) is 0.455. The Balaban J connectivity index is 2.36. The highest BCUT2D eigenvalue weighted by Crippen LogP contribution is 2.17. The highest BCUT2D eigenvalue weighted by molar-refractivity contribution is 5.39. The average Bonchev–Trinajstić information content (AvgIpc) is 2.54. The van der Waals surface area contributed by atoms with Crippen LogP contribution in [0.3, 0.4) is 0 Å². The van der Waals surface area contributed by atoms with Gasteiger partial charge in [-0.2, -0.15) is 5.10 Å². The van der Waals surface area contributed by atoms with Crippen LogP contribution >= 0.6 is 0 Å². The van der Waals surface area contributed by atoms with Crippen molar-refractivity contribution in [3.05, 3.63) is 33.9 Å². The van der Waals surface area contributed by atoms with Gasteiger partial charge in [0.2, 0.25) is 0 Å². The summed E-state index contributed by atoms with van der Waals surface area (Å²) in [5, 5.41) is 4.26. The minimum atomic E-state index is 0.0694. The maximum absolute atomic E-state index is 11.8. The Hall–Kier alpha value is -1.58. The van der Waals surface area contributed by atoms with Crippen molar-refractivity contribution in [3.63, 3.8) is 0 Å². The maximum Gasteiger partial charge on any atom is 0.254 e. The molecule has 4 nitrogen and oxygen atoms in total. The third kappa shape index (κ3) is 1.28. The fourth-order valence-electron chi connectivity index (χ4n) is 2.35. The highest BCUT2D eigenvalue weighted by Gasteiger charge is 2.15. The molecule has 78 valence electrons. The first-order chi connectivity index (χ1) is 7.36. The lowest BCUT2D eigenvalue weighted by Crippen LogP contribution is -2.19. The van der Waals surface area contributed by atoms with Gasteiger partial charge in [-0.05, 0) is 25.7 Å². The number of aromatic amines is 1. The van der Waals surface area contributed by atoms with E-state index in [4.69, 9.17) is 0 Å². The molecule has 1 aliphatic rings. The minimum absolute atomic E-state index is 0.0694. The van der Waals surface area contributed by atoms with Crippen molar-refractivity contribution in [2.24, 2.45) is 0 Å². The van der Waals surface area contributed by atoms with E-state index in [-0.39, 0.29) is 5.56 Å². The zero-order chi connectivity index (χ0) is 10.3. The number of rotatable bonds is 0. The van der Waals surface area contributed by atoms with Crippen molar-refractivity contribution in [2.45, 2.75) is 32.1 Å².